The number of ether oxygens (including phenoxy) is 1. The van der Waals surface area contributed by atoms with Gasteiger partial charge in [-0.2, -0.15) is 0 Å². The topological polar surface area (TPSA) is 38.3 Å². The van der Waals surface area contributed by atoms with Gasteiger partial charge >= 0.3 is 0 Å². The third-order valence-electron chi connectivity index (χ3n) is 1.84. The van der Waals surface area contributed by atoms with Gasteiger partial charge in [-0.3, -0.25) is 4.79 Å². The number of amides is 1. The highest BCUT2D eigenvalue weighted by molar-refractivity contribution is 5.84. The SMILES string of the molecule is C#CCCCNC(=O)C(C)(C)OC. The van der Waals surface area contributed by atoms with Crippen LogP contribution in [0.2, 0.25) is 0 Å². The largest absolute Gasteiger partial charge is 0.369 e. The molecule has 0 fully saturated rings. The van der Waals surface area contributed by atoms with Gasteiger partial charge in [-0.25, -0.2) is 0 Å². The van der Waals surface area contributed by atoms with E-state index in [1.807, 2.05) is 0 Å². The monoisotopic (exact) mass is 183 g/mol. The predicted molar refractivity (Wildman–Crippen MR) is 52.2 cm³/mol. The number of nitrogens with one attached hydrogen (secondary N) is 1. The van der Waals surface area contributed by atoms with E-state index in [2.05, 4.69) is 11.2 Å². The first-order valence-corrected chi connectivity index (χ1v) is 4.31. The molecule has 0 spiro atoms. The van der Waals surface area contributed by atoms with Gasteiger partial charge < -0.3 is 10.1 Å². The van der Waals surface area contributed by atoms with E-state index in [1.165, 1.54) is 7.11 Å². The molecule has 0 radical (unpaired) electrons. The smallest absolute Gasteiger partial charge is 0.251 e. The summed E-state index contributed by atoms with van der Waals surface area (Å²) in [6.07, 6.45) is 6.57. The number of hydrogen-bond donors (Lipinski definition) is 1. The van der Waals surface area contributed by atoms with Crippen molar-refractivity contribution in [1.29, 1.82) is 0 Å². The summed E-state index contributed by atoms with van der Waals surface area (Å²) in [5.74, 6) is 2.41. The number of unbranched alkanes of at least 4 members (excludes halogenated alkanes) is 1. The average molecular weight is 183 g/mol. The highest BCUT2D eigenvalue weighted by atomic mass is 16.5. The molecule has 13 heavy (non-hydrogen) atoms. The molecule has 0 aliphatic carbocycles. The first kappa shape index (κ1) is 12.0. The molecule has 0 aliphatic heterocycles. The molecule has 0 aromatic heterocycles. The average Bonchev–Trinajstić information content (AvgIpc) is 2.12. The van der Waals surface area contributed by atoms with Crippen molar-refractivity contribution in [1.82, 2.24) is 5.32 Å². The Balaban J connectivity index is 3.70. The Labute approximate surface area is 79.8 Å². The van der Waals surface area contributed by atoms with Gasteiger partial charge in [0.25, 0.3) is 5.91 Å². The van der Waals surface area contributed by atoms with E-state index < -0.39 is 5.60 Å². The molecule has 0 unspecified atom stereocenters. The lowest BCUT2D eigenvalue weighted by molar-refractivity contribution is -0.139. The molecule has 3 nitrogen and oxygen atoms in total. The van der Waals surface area contributed by atoms with Crippen molar-refractivity contribution >= 4 is 5.91 Å². The van der Waals surface area contributed by atoms with Gasteiger partial charge in [0.05, 0.1) is 0 Å². The van der Waals surface area contributed by atoms with E-state index in [0.29, 0.717) is 13.0 Å². The first-order valence-electron chi connectivity index (χ1n) is 4.31. The minimum atomic E-state index is -0.754. The molecule has 0 heterocycles. The molecular formula is C10H17NO2. The van der Waals surface area contributed by atoms with Crippen molar-refractivity contribution in [2.24, 2.45) is 0 Å². The second-order valence-electron chi connectivity index (χ2n) is 3.28. The van der Waals surface area contributed by atoms with Gasteiger partial charge in [0.1, 0.15) is 5.60 Å². The third kappa shape index (κ3) is 4.54. The number of methoxy groups -OCH3 is 1. The molecule has 0 aliphatic rings. The molecule has 1 amide bonds. The van der Waals surface area contributed by atoms with E-state index in [9.17, 15) is 4.79 Å². The summed E-state index contributed by atoms with van der Waals surface area (Å²) in [6.45, 7) is 4.06. The summed E-state index contributed by atoms with van der Waals surface area (Å²) < 4.78 is 5.00. The summed E-state index contributed by atoms with van der Waals surface area (Å²) in [5.41, 5.74) is -0.754. The van der Waals surface area contributed by atoms with Crippen LogP contribution < -0.4 is 5.32 Å². The van der Waals surface area contributed by atoms with Crippen molar-refractivity contribution < 1.29 is 9.53 Å². The Morgan fingerprint density at radius 1 is 1.62 bits per heavy atom. The minimum absolute atomic E-state index is 0.105. The Morgan fingerprint density at radius 3 is 2.69 bits per heavy atom. The lowest BCUT2D eigenvalue weighted by Crippen LogP contribution is -2.43. The van der Waals surface area contributed by atoms with Gasteiger partial charge in [0.15, 0.2) is 0 Å². The van der Waals surface area contributed by atoms with Gasteiger partial charge in [0.2, 0.25) is 0 Å². The summed E-state index contributed by atoms with van der Waals surface area (Å²) in [5, 5.41) is 2.75. The van der Waals surface area contributed by atoms with Gasteiger partial charge in [-0.05, 0) is 20.3 Å². The fourth-order valence-electron chi connectivity index (χ4n) is 0.698. The molecule has 74 valence electrons. The van der Waals surface area contributed by atoms with Crippen LogP contribution in [0.3, 0.4) is 0 Å². The molecule has 1 N–H and O–H groups in total. The van der Waals surface area contributed by atoms with Crippen LogP contribution in [0.25, 0.3) is 0 Å². The summed E-state index contributed by atoms with van der Waals surface area (Å²) >= 11 is 0. The van der Waals surface area contributed by atoms with Gasteiger partial charge in [-0.1, -0.05) is 0 Å². The second kappa shape index (κ2) is 5.60. The Morgan fingerprint density at radius 2 is 2.23 bits per heavy atom. The van der Waals surface area contributed by atoms with Crippen LogP contribution in [0.4, 0.5) is 0 Å². The van der Waals surface area contributed by atoms with Gasteiger partial charge in [0, 0.05) is 20.1 Å². The van der Waals surface area contributed by atoms with Crippen LogP contribution in [0.1, 0.15) is 26.7 Å². The van der Waals surface area contributed by atoms with Crippen LogP contribution in [0.15, 0.2) is 0 Å². The fraction of sp³-hybridized carbons (Fsp3) is 0.700. The molecule has 0 rings (SSSR count). The van der Waals surface area contributed by atoms with E-state index in [-0.39, 0.29) is 5.91 Å². The van der Waals surface area contributed by atoms with Crippen molar-refractivity contribution in [2.75, 3.05) is 13.7 Å². The predicted octanol–water partition coefficient (Wildman–Crippen LogP) is 0.941. The van der Waals surface area contributed by atoms with E-state index in [1.54, 1.807) is 13.8 Å². The fourth-order valence-corrected chi connectivity index (χ4v) is 0.698. The van der Waals surface area contributed by atoms with Crippen LogP contribution in [-0.4, -0.2) is 25.2 Å². The normalized spacial score (nSPS) is 10.6. The molecular weight excluding hydrogens is 166 g/mol. The second-order valence-corrected chi connectivity index (χ2v) is 3.28. The molecule has 0 aromatic carbocycles. The van der Waals surface area contributed by atoms with Crippen molar-refractivity contribution in [2.45, 2.75) is 32.3 Å². The number of carbonyl (C=O) groups is 1. The maximum atomic E-state index is 11.4. The summed E-state index contributed by atoms with van der Waals surface area (Å²) in [6, 6.07) is 0. The zero-order chi connectivity index (χ0) is 10.3. The first-order chi connectivity index (χ1) is 6.04. The Bertz CT molecular complexity index is 203. The van der Waals surface area contributed by atoms with Crippen molar-refractivity contribution in [3.63, 3.8) is 0 Å². The van der Waals surface area contributed by atoms with Crippen LogP contribution >= 0.6 is 0 Å². The Hall–Kier alpha value is -1.01. The molecule has 0 aromatic rings. The maximum Gasteiger partial charge on any atom is 0.251 e. The minimum Gasteiger partial charge on any atom is -0.369 e. The van der Waals surface area contributed by atoms with Crippen LogP contribution in [-0.2, 0) is 9.53 Å². The lowest BCUT2D eigenvalue weighted by atomic mass is 10.1. The molecule has 0 bridgehead atoms. The molecule has 3 heteroatoms. The molecule has 0 saturated heterocycles. The standard InChI is InChI=1S/C10H17NO2/c1-5-6-7-8-11-9(12)10(2,3)13-4/h1H,6-8H2,2-4H3,(H,11,12). The lowest BCUT2D eigenvalue weighted by Gasteiger charge is -2.21. The van der Waals surface area contributed by atoms with Crippen molar-refractivity contribution in [3.05, 3.63) is 0 Å². The van der Waals surface area contributed by atoms with Gasteiger partial charge in [-0.15, -0.1) is 12.3 Å². The number of carbonyl (C=O) groups excluding carboxylic acids is 1. The third-order valence-corrected chi connectivity index (χ3v) is 1.84. The summed E-state index contributed by atoms with van der Waals surface area (Å²) in [7, 11) is 1.51. The molecule has 0 saturated carbocycles. The van der Waals surface area contributed by atoms with E-state index in [0.717, 1.165) is 6.42 Å². The van der Waals surface area contributed by atoms with Crippen molar-refractivity contribution in [3.8, 4) is 12.3 Å². The Kier molecular flexibility index (Phi) is 5.17. The highest BCUT2D eigenvalue weighted by Gasteiger charge is 2.25. The zero-order valence-corrected chi connectivity index (χ0v) is 8.52. The zero-order valence-electron chi connectivity index (χ0n) is 8.52. The highest BCUT2D eigenvalue weighted by Crippen LogP contribution is 2.06. The number of hydrogen-bond acceptors (Lipinski definition) is 2. The van der Waals surface area contributed by atoms with E-state index in [4.69, 9.17) is 11.2 Å². The summed E-state index contributed by atoms with van der Waals surface area (Å²) in [4.78, 5) is 11.4. The number of terminal acetylenes is 1. The van der Waals surface area contributed by atoms with E-state index >= 15 is 0 Å². The maximum absolute atomic E-state index is 11.4. The molecule has 0 atom stereocenters. The number of rotatable bonds is 5. The van der Waals surface area contributed by atoms with Crippen LogP contribution in [0.5, 0.6) is 0 Å². The van der Waals surface area contributed by atoms with Crippen LogP contribution in [0, 0.1) is 12.3 Å². The quantitative estimate of drug-likeness (QED) is 0.509.